The summed E-state index contributed by atoms with van der Waals surface area (Å²) in [7, 11) is 4.85. The van der Waals surface area contributed by atoms with Crippen LogP contribution in [0.15, 0.2) is 22.7 Å². The summed E-state index contributed by atoms with van der Waals surface area (Å²) < 4.78 is 6.05. The third kappa shape index (κ3) is 3.96. The summed E-state index contributed by atoms with van der Waals surface area (Å²) >= 11 is 3.33. The quantitative estimate of drug-likeness (QED) is 0.822. The molecule has 0 heterocycles. The van der Waals surface area contributed by atoms with Crippen molar-refractivity contribution in [3.05, 3.63) is 28.2 Å². The first-order valence-corrected chi connectivity index (χ1v) is 7.03. The zero-order chi connectivity index (χ0) is 15.3. The molecule has 1 aromatic rings. The fraction of sp³-hybridized carbons (Fsp3) is 0.429. The van der Waals surface area contributed by atoms with Gasteiger partial charge in [-0.2, -0.15) is 0 Å². The summed E-state index contributed by atoms with van der Waals surface area (Å²) in [5.41, 5.74) is 0.448. The van der Waals surface area contributed by atoms with Crippen LogP contribution in [0.5, 0.6) is 5.75 Å². The number of hydrogen-bond donors (Lipinski definition) is 0. The molecular weight excluding hydrogens is 324 g/mol. The monoisotopic (exact) mass is 342 g/mol. The van der Waals surface area contributed by atoms with Crippen LogP contribution in [0.2, 0.25) is 0 Å². The molecule has 1 aromatic carbocycles. The van der Waals surface area contributed by atoms with Crippen molar-refractivity contribution >= 4 is 27.7 Å². The maximum absolute atomic E-state index is 12.5. The number of benzene rings is 1. The van der Waals surface area contributed by atoms with E-state index in [1.54, 1.807) is 32.3 Å². The van der Waals surface area contributed by atoms with Crippen LogP contribution >= 0.6 is 15.9 Å². The summed E-state index contributed by atoms with van der Waals surface area (Å²) in [4.78, 5) is 27.2. The molecule has 0 unspecified atom stereocenters. The van der Waals surface area contributed by atoms with Crippen LogP contribution in [0.4, 0.5) is 0 Å². The Kier molecular flexibility index (Phi) is 6.01. The first kappa shape index (κ1) is 16.5. The van der Waals surface area contributed by atoms with Gasteiger partial charge >= 0.3 is 0 Å². The highest BCUT2D eigenvalue weighted by Gasteiger charge is 2.21. The lowest BCUT2D eigenvalue weighted by Gasteiger charge is -2.23. The molecular formula is C14H19BrN2O3. The lowest BCUT2D eigenvalue weighted by molar-refractivity contribution is -0.129. The van der Waals surface area contributed by atoms with Crippen LogP contribution < -0.4 is 4.74 Å². The topological polar surface area (TPSA) is 49.9 Å². The number of rotatable bonds is 5. The maximum Gasteiger partial charge on any atom is 0.258 e. The number of carbonyl (C=O) groups is 2. The third-order valence-electron chi connectivity index (χ3n) is 2.89. The minimum absolute atomic E-state index is 0.0571. The molecule has 0 N–H and O–H groups in total. The minimum atomic E-state index is -0.216. The number of ether oxygens (including phenoxy) is 1. The summed E-state index contributed by atoms with van der Waals surface area (Å²) in [6.45, 7) is 2.35. The number of carbonyl (C=O) groups excluding carboxylic acids is 2. The van der Waals surface area contributed by atoms with Crippen LogP contribution in [0, 0.1) is 0 Å². The molecule has 0 aliphatic heterocycles. The van der Waals surface area contributed by atoms with Gasteiger partial charge in [-0.05, 0) is 25.1 Å². The highest BCUT2D eigenvalue weighted by molar-refractivity contribution is 9.10. The van der Waals surface area contributed by atoms with Crippen molar-refractivity contribution in [2.75, 3.05) is 34.3 Å². The molecule has 0 spiro atoms. The van der Waals surface area contributed by atoms with Gasteiger partial charge in [-0.3, -0.25) is 9.59 Å². The second-order valence-corrected chi connectivity index (χ2v) is 5.37. The molecule has 0 atom stereocenters. The molecule has 0 aliphatic carbocycles. The average Bonchev–Trinajstić information content (AvgIpc) is 2.43. The Bertz CT molecular complexity index is 503. The van der Waals surface area contributed by atoms with Crippen LogP contribution in [-0.4, -0.2) is 55.9 Å². The van der Waals surface area contributed by atoms with Gasteiger partial charge in [-0.15, -0.1) is 0 Å². The molecule has 0 bridgehead atoms. The van der Waals surface area contributed by atoms with Gasteiger partial charge in [0, 0.05) is 25.1 Å². The van der Waals surface area contributed by atoms with E-state index in [9.17, 15) is 9.59 Å². The Hall–Kier alpha value is -1.56. The van der Waals surface area contributed by atoms with Gasteiger partial charge in [0.05, 0.1) is 19.2 Å². The molecule has 0 aromatic heterocycles. The predicted octanol–water partition coefficient (Wildman–Crippen LogP) is 2.01. The SMILES string of the molecule is CCN(CC(=O)N(C)C)C(=O)c1ccc(Br)cc1OC. The van der Waals surface area contributed by atoms with E-state index >= 15 is 0 Å². The second-order valence-electron chi connectivity index (χ2n) is 4.45. The van der Waals surface area contributed by atoms with Crippen LogP contribution in [-0.2, 0) is 4.79 Å². The van der Waals surface area contributed by atoms with Gasteiger partial charge in [-0.1, -0.05) is 15.9 Å². The summed E-state index contributed by atoms with van der Waals surface area (Å²) in [5.74, 6) is 0.156. The van der Waals surface area contributed by atoms with E-state index in [2.05, 4.69) is 15.9 Å². The van der Waals surface area contributed by atoms with E-state index in [-0.39, 0.29) is 18.4 Å². The number of nitrogens with zero attached hydrogens (tertiary/aromatic N) is 2. The van der Waals surface area contributed by atoms with Crippen molar-refractivity contribution in [1.82, 2.24) is 9.80 Å². The van der Waals surface area contributed by atoms with Gasteiger partial charge in [0.15, 0.2) is 0 Å². The van der Waals surface area contributed by atoms with E-state index < -0.39 is 0 Å². The van der Waals surface area contributed by atoms with Crippen molar-refractivity contribution in [3.63, 3.8) is 0 Å². The molecule has 20 heavy (non-hydrogen) atoms. The Labute approximate surface area is 127 Å². The lowest BCUT2D eigenvalue weighted by Crippen LogP contribution is -2.40. The third-order valence-corrected chi connectivity index (χ3v) is 3.38. The largest absolute Gasteiger partial charge is 0.496 e. The number of halogens is 1. The van der Waals surface area contributed by atoms with Crippen LogP contribution in [0.3, 0.4) is 0 Å². The lowest BCUT2D eigenvalue weighted by atomic mass is 10.1. The van der Waals surface area contributed by atoms with Gasteiger partial charge in [0.2, 0.25) is 5.91 Å². The Morgan fingerprint density at radius 1 is 1.30 bits per heavy atom. The smallest absolute Gasteiger partial charge is 0.258 e. The number of methoxy groups -OCH3 is 1. The fourth-order valence-electron chi connectivity index (χ4n) is 1.64. The molecule has 6 heteroatoms. The van der Waals surface area contributed by atoms with Crippen molar-refractivity contribution in [3.8, 4) is 5.75 Å². The van der Waals surface area contributed by atoms with E-state index in [4.69, 9.17) is 4.74 Å². The highest BCUT2D eigenvalue weighted by atomic mass is 79.9. The van der Waals surface area contributed by atoms with Gasteiger partial charge in [0.1, 0.15) is 5.75 Å². The standard InChI is InChI=1S/C14H19BrN2O3/c1-5-17(9-13(18)16(2)3)14(19)11-7-6-10(15)8-12(11)20-4/h6-8H,5,9H2,1-4H3. The first-order chi connectivity index (χ1) is 9.40. The normalized spacial score (nSPS) is 10.1. The zero-order valence-electron chi connectivity index (χ0n) is 12.1. The molecule has 0 aliphatic rings. The number of likely N-dealkylation sites (N-methyl/N-ethyl adjacent to an activating group) is 2. The summed E-state index contributed by atoms with van der Waals surface area (Å²) in [6, 6.07) is 5.19. The van der Waals surface area contributed by atoms with Crippen LogP contribution in [0.25, 0.3) is 0 Å². The molecule has 0 saturated carbocycles. The number of hydrogen-bond acceptors (Lipinski definition) is 3. The van der Waals surface area contributed by atoms with Gasteiger partial charge < -0.3 is 14.5 Å². The fourth-order valence-corrected chi connectivity index (χ4v) is 1.98. The molecule has 5 nitrogen and oxygen atoms in total. The van der Waals surface area contributed by atoms with Crippen molar-refractivity contribution in [2.24, 2.45) is 0 Å². The summed E-state index contributed by atoms with van der Waals surface area (Å²) in [5, 5.41) is 0. The molecule has 0 fully saturated rings. The first-order valence-electron chi connectivity index (χ1n) is 6.23. The zero-order valence-corrected chi connectivity index (χ0v) is 13.7. The molecule has 2 amide bonds. The Morgan fingerprint density at radius 2 is 1.95 bits per heavy atom. The molecule has 0 saturated heterocycles. The van der Waals surface area contributed by atoms with Crippen molar-refractivity contribution in [2.45, 2.75) is 6.92 Å². The minimum Gasteiger partial charge on any atom is -0.496 e. The molecule has 110 valence electrons. The van der Waals surface area contributed by atoms with E-state index in [1.807, 2.05) is 6.92 Å². The van der Waals surface area contributed by atoms with Gasteiger partial charge in [-0.25, -0.2) is 0 Å². The predicted molar refractivity (Wildman–Crippen MR) is 81.0 cm³/mol. The van der Waals surface area contributed by atoms with Gasteiger partial charge in [0.25, 0.3) is 5.91 Å². The average molecular weight is 343 g/mol. The van der Waals surface area contributed by atoms with Crippen molar-refractivity contribution in [1.29, 1.82) is 0 Å². The second kappa shape index (κ2) is 7.28. The highest BCUT2D eigenvalue weighted by Crippen LogP contribution is 2.24. The Morgan fingerprint density at radius 3 is 2.45 bits per heavy atom. The number of amides is 2. The molecule has 0 radical (unpaired) electrons. The van der Waals surface area contributed by atoms with Crippen LogP contribution in [0.1, 0.15) is 17.3 Å². The summed E-state index contributed by atoms with van der Waals surface area (Å²) in [6.07, 6.45) is 0. The van der Waals surface area contributed by atoms with E-state index in [1.165, 1.54) is 16.9 Å². The van der Waals surface area contributed by atoms with E-state index in [0.717, 1.165) is 4.47 Å². The van der Waals surface area contributed by atoms with E-state index in [0.29, 0.717) is 17.9 Å². The maximum atomic E-state index is 12.5. The molecule has 1 rings (SSSR count). The van der Waals surface area contributed by atoms with Crippen molar-refractivity contribution < 1.29 is 14.3 Å². The Balaban J connectivity index is 2.99.